The molecule has 112 valence electrons. The van der Waals surface area contributed by atoms with Crippen molar-refractivity contribution in [2.45, 2.75) is 31.7 Å². The van der Waals surface area contributed by atoms with Crippen LogP contribution in [0.25, 0.3) is 0 Å². The van der Waals surface area contributed by atoms with E-state index in [1.807, 2.05) is 0 Å². The van der Waals surface area contributed by atoms with Crippen molar-refractivity contribution in [3.05, 3.63) is 34.9 Å². The number of carboxylic acids is 1. The lowest BCUT2D eigenvalue weighted by atomic mass is 10.1. The van der Waals surface area contributed by atoms with Crippen molar-refractivity contribution < 1.29 is 23.5 Å². The van der Waals surface area contributed by atoms with Gasteiger partial charge in [-0.15, -0.1) is 0 Å². The first-order valence-electron chi connectivity index (χ1n) is 7.00. The second-order valence-electron chi connectivity index (χ2n) is 5.75. The summed E-state index contributed by atoms with van der Waals surface area (Å²) in [6.45, 7) is 0.571. The van der Waals surface area contributed by atoms with Gasteiger partial charge in [0, 0.05) is 12.6 Å². The second kappa shape index (κ2) is 5.09. The number of hydrogen-bond donors (Lipinski definition) is 1. The zero-order chi connectivity index (χ0) is 15.1. The van der Waals surface area contributed by atoms with Gasteiger partial charge in [-0.25, -0.2) is 13.6 Å². The predicted molar refractivity (Wildman–Crippen MR) is 70.1 cm³/mol. The van der Waals surface area contributed by atoms with Crippen molar-refractivity contribution in [3.8, 4) is 0 Å². The second-order valence-corrected chi connectivity index (χ2v) is 5.75. The van der Waals surface area contributed by atoms with Gasteiger partial charge in [-0.2, -0.15) is 0 Å². The predicted octanol–water partition coefficient (Wildman–Crippen LogP) is 2.68. The monoisotopic (exact) mass is 295 g/mol. The van der Waals surface area contributed by atoms with Gasteiger partial charge >= 0.3 is 5.97 Å². The molecule has 0 saturated heterocycles. The quantitative estimate of drug-likeness (QED) is 0.908. The molecule has 1 aromatic carbocycles. The Morgan fingerprint density at radius 1 is 1.10 bits per heavy atom. The Bertz CT molecular complexity index is 609. The van der Waals surface area contributed by atoms with Crippen LogP contribution in [0, 0.1) is 17.6 Å². The molecule has 0 unspecified atom stereocenters. The van der Waals surface area contributed by atoms with Crippen molar-refractivity contribution >= 4 is 11.9 Å². The van der Waals surface area contributed by atoms with E-state index in [0.29, 0.717) is 24.6 Å². The van der Waals surface area contributed by atoms with Crippen LogP contribution in [0.2, 0.25) is 0 Å². The van der Waals surface area contributed by atoms with Crippen LogP contribution >= 0.6 is 0 Å². The average molecular weight is 295 g/mol. The Kier molecular flexibility index (Phi) is 3.39. The van der Waals surface area contributed by atoms with Gasteiger partial charge in [0.15, 0.2) is 11.6 Å². The molecule has 0 bridgehead atoms. The first-order valence-corrected chi connectivity index (χ1v) is 7.00. The van der Waals surface area contributed by atoms with E-state index in [9.17, 15) is 18.4 Å². The van der Waals surface area contributed by atoms with E-state index in [2.05, 4.69) is 0 Å². The smallest absolute Gasteiger partial charge is 0.336 e. The molecule has 21 heavy (non-hydrogen) atoms. The van der Waals surface area contributed by atoms with Gasteiger partial charge in [0.05, 0.1) is 11.1 Å². The molecular formula is C15H15F2NO3. The molecular weight excluding hydrogens is 280 g/mol. The first kappa shape index (κ1) is 14.0. The van der Waals surface area contributed by atoms with Crippen molar-refractivity contribution in [2.75, 3.05) is 6.54 Å². The highest BCUT2D eigenvalue weighted by molar-refractivity contribution is 6.05. The zero-order valence-corrected chi connectivity index (χ0v) is 11.3. The van der Waals surface area contributed by atoms with Crippen LogP contribution in [-0.4, -0.2) is 34.5 Å². The number of halogens is 2. The fourth-order valence-electron chi connectivity index (χ4n) is 2.42. The molecule has 6 heteroatoms. The third-order valence-corrected chi connectivity index (χ3v) is 3.92. The lowest BCUT2D eigenvalue weighted by molar-refractivity contribution is 0.0668. The summed E-state index contributed by atoms with van der Waals surface area (Å²) in [6.07, 6.45) is 3.87. The van der Waals surface area contributed by atoms with Gasteiger partial charge in [-0.1, -0.05) is 0 Å². The highest BCUT2D eigenvalue weighted by Crippen LogP contribution is 2.36. The van der Waals surface area contributed by atoms with E-state index in [-0.39, 0.29) is 11.6 Å². The van der Waals surface area contributed by atoms with Crippen LogP contribution in [0.4, 0.5) is 8.78 Å². The number of rotatable bonds is 5. The molecule has 1 N–H and O–H groups in total. The molecule has 2 fully saturated rings. The summed E-state index contributed by atoms with van der Waals surface area (Å²) in [5.41, 5.74) is -0.755. The number of carbonyl (C=O) groups excluding carboxylic acids is 1. The molecule has 2 aliphatic carbocycles. The summed E-state index contributed by atoms with van der Waals surface area (Å²) in [4.78, 5) is 25.3. The van der Waals surface area contributed by atoms with Crippen LogP contribution in [0.5, 0.6) is 0 Å². The van der Waals surface area contributed by atoms with E-state index in [4.69, 9.17) is 5.11 Å². The number of benzene rings is 1. The normalized spacial score (nSPS) is 17.6. The van der Waals surface area contributed by atoms with Gasteiger partial charge < -0.3 is 10.0 Å². The highest BCUT2D eigenvalue weighted by atomic mass is 19.2. The molecule has 2 saturated carbocycles. The van der Waals surface area contributed by atoms with E-state index in [0.717, 1.165) is 25.7 Å². The lowest BCUT2D eigenvalue weighted by Crippen LogP contribution is -2.36. The van der Waals surface area contributed by atoms with Crippen molar-refractivity contribution in [1.29, 1.82) is 0 Å². The van der Waals surface area contributed by atoms with Gasteiger partial charge in [-0.3, -0.25) is 4.79 Å². The van der Waals surface area contributed by atoms with Crippen LogP contribution in [-0.2, 0) is 0 Å². The van der Waals surface area contributed by atoms with Crippen LogP contribution in [0.1, 0.15) is 46.4 Å². The highest BCUT2D eigenvalue weighted by Gasteiger charge is 2.38. The van der Waals surface area contributed by atoms with Gasteiger partial charge in [-0.05, 0) is 43.7 Å². The van der Waals surface area contributed by atoms with Crippen molar-refractivity contribution in [2.24, 2.45) is 5.92 Å². The molecule has 4 nitrogen and oxygen atoms in total. The van der Waals surface area contributed by atoms with E-state index >= 15 is 0 Å². The van der Waals surface area contributed by atoms with E-state index in [1.165, 1.54) is 0 Å². The molecule has 0 aliphatic heterocycles. The van der Waals surface area contributed by atoms with Crippen molar-refractivity contribution in [1.82, 2.24) is 4.90 Å². The van der Waals surface area contributed by atoms with Crippen LogP contribution in [0.15, 0.2) is 12.1 Å². The minimum Gasteiger partial charge on any atom is -0.478 e. The van der Waals surface area contributed by atoms with Gasteiger partial charge in [0.1, 0.15) is 0 Å². The minimum absolute atomic E-state index is 0.104. The third kappa shape index (κ3) is 2.89. The summed E-state index contributed by atoms with van der Waals surface area (Å²) in [5, 5.41) is 9.10. The van der Waals surface area contributed by atoms with Crippen molar-refractivity contribution in [3.63, 3.8) is 0 Å². The molecule has 2 aliphatic rings. The Morgan fingerprint density at radius 3 is 2.14 bits per heavy atom. The number of nitrogens with zero attached hydrogens (tertiary/aromatic N) is 1. The standard InChI is InChI=1S/C15H15F2NO3/c16-12-5-10(11(15(20)21)6-13(12)17)14(19)18(9-3-4-9)7-8-1-2-8/h5-6,8-9H,1-4,7H2,(H,20,21). The Balaban J connectivity index is 1.94. The number of carbonyl (C=O) groups is 2. The van der Waals surface area contributed by atoms with Gasteiger partial charge in [0.2, 0.25) is 0 Å². The largest absolute Gasteiger partial charge is 0.478 e. The number of hydrogen-bond acceptors (Lipinski definition) is 2. The average Bonchev–Trinajstić information content (AvgIpc) is 3.30. The molecule has 0 radical (unpaired) electrons. The Labute approximate surface area is 120 Å². The molecule has 0 spiro atoms. The lowest BCUT2D eigenvalue weighted by Gasteiger charge is -2.23. The van der Waals surface area contributed by atoms with Gasteiger partial charge in [0.25, 0.3) is 5.91 Å². The molecule has 1 aromatic rings. The third-order valence-electron chi connectivity index (χ3n) is 3.92. The maximum Gasteiger partial charge on any atom is 0.336 e. The SMILES string of the molecule is O=C(O)c1cc(F)c(F)cc1C(=O)N(CC1CC1)C1CC1. The topological polar surface area (TPSA) is 57.6 Å². The van der Waals surface area contributed by atoms with Crippen LogP contribution in [0.3, 0.4) is 0 Å². The van der Waals surface area contributed by atoms with E-state index in [1.54, 1.807) is 4.90 Å². The maximum atomic E-state index is 13.4. The molecule has 0 heterocycles. The fourth-order valence-corrected chi connectivity index (χ4v) is 2.42. The molecule has 0 atom stereocenters. The number of carboxylic acid groups (broad SMARTS) is 1. The fraction of sp³-hybridized carbons (Fsp3) is 0.467. The summed E-state index contributed by atoms with van der Waals surface area (Å²) in [5.74, 6) is -3.96. The summed E-state index contributed by atoms with van der Waals surface area (Å²) in [6, 6.07) is 1.38. The Hall–Kier alpha value is -1.98. The number of amides is 1. The zero-order valence-electron chi connectivity index (χ0n) is 11.3. The summed E-state index contributed by atoms with van der Waals surface area (Å²) in [7, 11) is 0. The summed E-state index contributed by atoms with van der Waals surface area (Å²) < 4.78 is 26.6. The molecule has 0 aromatic heterocycles. The minimum atomic E-state index is -1.43. The first-order chi connectivity index (χ1) is 9.97. The van der Waals surface area contributed by atoms with E-state index < -0.39 is 29.1 Å². The van der Waals surface area contributed by atoms with Crippen LogP contribution < -0.4 is 0 Å². The summed E-state index contributed by atoms with van der Waals surface area (Å²) >= 11 is 0. The number of aromatic carboxylic acids is 1. The molecule has 1 amide bonds. The Morgan fingerprint density at radius 2 is 1.67 bits per heavy atom. The maximum absolute atomic E-state index is 13.4. The molecule has 3 rings (SSSR count).